The van der Waals surface area contributed by atoms with E-state index in [-0.39, 0.29) is 5.97 Å². The summed E-state index contributed by atoms with van der Waals surface area (Å²) in [5, 5.41) is 13.7. The second-order valence-electron chi connectivity index (χ2n) is 6.48. The van der Waals surface area contributed by atoms with E-state index in [4.69, 9.17) is 4.74 Å². The third-order valence-corrected chi connectivity index (χ3v) is 4.42. The summed E-state index contributed by atoms with van der Waals surface area (Å²) in [6, 6.07) is 23.6. The molecule has 27 heavy (non-hydrogen) atoms. The van der Waals surface area contributed by atoms with E-state index in [1.54, 1.807) is 0 Å². The van der Waals surface area contributed by atoms with E-state index in [1.165, 1.54) is 6.92 Å². The van der Waals surface area contributed by atoms with Gasteiger partial charge >= 0.3 is 5.97 Å². The van der Waals surface area contributed by atoms with Crippen molar-refractivity contribution >= 4 is 27.5 Å². The predicted octanol–water partition coefficient (Wildman–Crippen LogP) is 5.93. The zero-order valence-electron chi connectivity index (χ0n) is 15.7. The number of aromatic hydroxyl groups is 1. The lowest BCUT2D eigenvalue weighted by Crippen LogP contribution is -2.03. The van der Waals surface area contributed by atoms with E-state index in [2.05, 4.69) is 0 Å². The van der Waals surface area contributed by atoms with Gasteiger partial charge in [-0.3, -0.25) is 4.79 Å². The van der Waals surface area contributed by atoms with Crippen molar-refractivity contribution in [2.45, 2.75) is 20.8 Å². The molecule has 3 nitrogen and oxygen atoms in total. The molecule has 0 heterocycles. The first-order valence-corrected chi connectivity index (χ1v) is 8.81. The number of aryl methyl sites for hydroxylation is 2. The van der Waals surface area contributed by atoms with Crippen molar-refractivity contribution in [3.63, 3.8) is 0 Å². The van der Waals surface area contributed by atoms with Gasteiger partial charge in [0.15, 0.2) is 0 Å². The molecule has 4 aromatic rings. The highest BCUT2D eigenvalue weighted by molar-refractivity contribution is 5.91. The Morgan fingerprint density at radius 3 is 1.89 bits per heavy atom. The zero-order valence-corrected chi connectivity index (χ0v) is 15.7. The molecule has 0 saturated carbocycles. The minimum Gasteiger partial charge on any atom is -0.507 e. The number of fused-ring (bicyclic) bond motifs is 2. The van der Waals surface area contributed by atoms with E-state index in [9.17, 15) is 9.90 Å². The van der Waals surface area contributed by atoms with E-state index in [0.717, 1.165) is 32.7 Å². The highest BCUT2D eigenvalue weighted by Gasteiger charge is 2.07. The number of carbonyl (C=O) groups excluding carboxylic acids is 1. The van der Waals surface area contributed by atoms with Crippen LogP contribution in [-0.4, -0.2) is 11.1 Å². The number of hydrogen-bond acceptors (Lipinski definition) is 3. The summed E-state index contributed by atoms with van der Waals surface area (Å²) in [4.78, 5) is 11.0. The molecule has 0 saturated heterocycles. The maximum Gasteiger partial charge on any atom is 0.308 e. The minimum atomic E-state index is -0.283. The summed E-state index contributed by atoms with van der Waals surface area (Å²) >= 11 is 0. The Kier molecular flexibility index (Phi) is 5.41. The maximum absolute atomic E-state index is 11.0. The number of phenols is 1. The second-order valence-corrected chi connectivity index (χ2v) is 6.48. The van der Waals surface area contributed by atoms with Gasteiger partial charge in [-0.25, -0.2) is 0 Å². The van der Waals surface area contributed by atoms with Crippen molar-refractivity contribution < 1.29 is 14.6 Å². The fraction of sp³-hybridized carbons (Fsp3) is 0.125. The van der Waals surface area contributed by atoms with E-state index in [1.807, 2.05) is 86.6 Å². The van der Waals surface area contributed by atoms with Gasteiger partial charge in [-0.2, -0.15) is 0 Å². The van der Waals surface area contributed by atoms with Gasteiger partial charge in [-0.1, -0.05) is 72.8 Å². The molecule has 0 amide bonds. The quantitative estimate of drug-likeness (QED) is 0.339. The zero-order chi connectivity index (χ0) is 19.4. The van der Waals surface area contributed by atoms with Gasteiger partial charge in [0.05, 0.1) is 0 Å². The van der Waals surface area contributed by atoms with Crippen LogP contribution in [0.2, 0.25) is 0 Å². The van der Waals surface area contributed by atoms with Crippen LogP contribution in [0, 0.1) is 13.8 Å². The van der Waals surface area contributed by atoms with Crippen LogP contribution in [0.5, 0.6) is 11.5 Å². The first-order chi connectivity index (χ1) is 13.0. The SMILES string of the molecule is CC(=O)Oc1c(C)ccc2ccccc12.Cc1ccc2ccccc2c1O. The Hall–Kier alpha value is -3.33. The third-order valence-electron chi connectivity index (χ3n) is 4.42. The number of hydrogen-bond donors (Lipinski definition) is 1. The number of phenolic OH excluding ortho intramolecular Hbond substituents is 1. The molecular weight excluding hydrogens is 336 g/mol. The summed E-state index contributed by atoms with van der Waals surface area (Å²) in [7, 11) is 0. The smallest absolute Gasteiger partial charge is 0.308 e. The lowest BCUT2D eigenvalue weighted by Gasteiger charge is -2.08. The molecule has 1 N–H and O–H groups in total. The number of esters is 1. The molecule has 4 rings (SSSR count). The third kappa shape index (κ3) is 4.09. The molecule has 3 heteroatoms. The molecule has 0 bridgehead atoms. The van der Waals surface area contributed by atoms with Crippen LogP contribution >= 0.6 is 0 Å². The van der Waals surface area contributed by atoms with Crippen LogP contribution in [0.15, 0.2) is 72.8 Å². The number of rotatable bonds is 1. The van der Waals surface area contributed by atoms with Gasteiger partial charge in [0.25, 0.3) is 0 Å². The van der Waals surface area contributed by atoms with Crippen LogP contribution in [0.3, 0.4) is 0 Å². The summed E-state index contributed by atoms with van der Waals surface area (Å²) < 4.78 is 5.22. The average molecular weight is 358 g/mol. The molecule has 136 valence electrons. The van der Waals surface area contributed by atoms with E-state index in [0.29, 0.717) is 11.5 Å². The molecule has 0 atom stereocenters. The van der Waals surface area contributed by atoms with Gasteiger partial charge in [0.1, 0.15) is 11.5 Å². The summed E-state index contributed by atoms with van der Waals surface area (Å²) in [5.74, 6) is 0.781. The highest BCUT2D eigenvalue weighted by Crippen LogP contribution is 2.29. The molecule has 0 aliphatic rings. The number of carbonyl (C=O) groups is 1. The minimum absolute atomic E-state index is 0.283. The first kappa shape index (κ1) is 18.5. The van der Waals surface area contributed by atoms with Crippen LogP contribution in [-0.2, 0) is 4.79 Å². The topological polar surface area (TPSA) is 46.5 Å². The molecule has 0 radical (unpaired) electrons. The van der Waals surface area contributed by atoms with Gasteiger partial charge in [-0.15, -0.1) is 0 Å². The van der Waals surface area contributed by atoms with E-state index >= 15 is 0 Å². The van der Waals surface area contributed by atoms with Crippen LogP contribution in [0.25, 0.3) is 21.5 Å². The molecule has 0 aromatic heterocycles. The molecule has 0 spiro atoms. The van der Waals surface area contributed by atoms with Gasteiger partial charge in [0.2, 0.25) is 0 Å². The van der Waals surface area contributed by atoms with Crippen LogP contribution in [0.1, 0.15) is 18.1 Å². The van der Waals surface area contributed by atoms with E-state index < -0.39 is 0 Å². The van der Waals surface area contributed by atoms with Gasteiger partial charge in [-0.05, 0) is 35.7 Å². The van der Waals surface area contributed by atoms with Crippen molar-refractivity contribution in [1.82, 2.24) is 0 Å². The first-order valence-electron chi connectivity index (χ1n) is 8.81. The molecule has 4 aromatic carbocycles. The molecule has 0 unspecified atom stereocenters. The Morgan fingerprint density at radius 1 is 0.741 bits per heavy atom. The summed E-state index contributed by atoms with van der Waals surface area (Å²) in [6.45, 7) is 5.26. The average Bonchev–Trinajstić information content (AvgIpc) is 2.68. The monoisotopic (exact) mass is 358 g/mol. The maximum atomic E-state index is 11.0. The van der Waals surface area contributed by atoms with Crippen molar-refractivity contribution in [2.75, 3.05) is 0 Å². The fourth-order valence-corrected chi connectivity index (χ4v) is 3.00. The highest BCUT2D eigenvalue weighted by atomic mass is 16.5. The Morgan fingerprint density at radius 2 is 1.26 bits per heavy atom. The molecular formula is C24H22O3. The summed E-state index contributed by atoms with van der Waals surface area (Å²) in [6.07, 6.45) is 0. The lowest BCUT2D eigenvalue weighted by atomic mass is 10.1. The van der Waals surface area contributed by atoms with Crippen LogP contribution in [0.4, 0.5) is 0 Å². The Bertz CT molecular complexity index is 1110. The lowest BCUT2D eigenvalue weighted by molar-refractivity contribution is -0.131. The molecule has 0 aliphatic carbocycles. The van der Waals surface area contributed by atoms with Gasteiger partial charge < -0.3 is 9.84 Å². The number of ether oxygens (including phenoxy) is 1. The predicted molar refractivity (Wildman–Crippen MR) is 110 cm³/mol. The van der Waals surface area contributed by atoms with Gasteiger partial charge in [0, 0.05) is 17.7 Å². The second kappa shape index (κ2) is 7.92. The largest absolute Gasteiger partial charge is 0.507 e. The summed E-state index contributed by atoms with van der Waals surface area (Å²) in [5.41, 5.74) is 1.90. The van der Waals surface area contributed by atoms with Crippen LogP contribution < -0.4 is 4.74 Å². The Labute approximate surface area is 158 Å². The Balaban J connectivity index is 0.000000159. The van der Waals surface area contributed by atoms with Crippen molar-refractivity contribution in [3.05, 3.63) is 83.9 Å². The molecule has 0 fully saturated rings. The normalized spacial score (nSPS) is 10.3. The standard InChI is InChI=1S/C13H12O2.C11H10O/c1-9-7-8-11-5-3-4-6-12(11)13(9)15-10(2)14;1-8-6-7-9-4-2-3-5-10(9)11(8)12/h3-8H,1-2H3;2-7,12H,1H3. The number of benzene rings is 4. The fourth-order valence-electron chi connectivity index (χ4n) is 3.00. The van der Waals surface area contributed by atoms with Crippen molar-refractivity contribution in [3.8, 4) is 11.5 Å². The molecule has 0 aliphatic heterocycles. The van der Waals surface area contributed by atoms with Crippen molar-refractivity contribution in [2.24, 2.45) is 0 Å². The van der Waals surface area contributed by atoms with Crippen molar-refractivity contribution in [1.29, 1.82) is 0 Å².